The summed E-state index contributed by atoms with van der Waals surface area (Å²) in [5.74, 6) is 0.0557. The Balaban J connectivity index is 2.51. The van der Waals surface area contributed by atoms with Gasteiger partial charge in [0.1, 0.15) is 5.69 Å². The second kappa shape index (κ2) is 7.10. The number of carboxylic acid groups (broad SMARTS) is 1. The van der Waals surface area contributed by atoms with Crippen molar-refractivity contribution in [2.75, 3.05) is 16.8 Å². The summed E-state index contributed by atoms with van der Waals surface area (Å²) in [7, 11) is 0. The zero-order valence-corrected chi connectivity index (χ0v) is 11.4. The second-order valence-electron chi connectivity index (χ2n) is 4.00. The first kappa shape index (κ1) is 14.6. The average molecular weight is 270 g/mol. The molecule has 0 saturated carbocycles. The van der Waals surface area contributed by atoms with Gasteiger partial charge in [-0.25, -0.2) is 4.79 Å². The molecule has 1 rings (SSSR count). The lowest BCUT2D eigenvalue weighted by atomic mass is 10.3. The van der Waals surface area contributed by atoms with Crippen molar-refractivity contribution in [3.63, 3.8) is 0 Å². The van der Waals surface area contributed by atoms with Gasteiger partial charge in [-0.1, -0.05) is 13.3 Å². The molecule has 1 amide bonds. The minimum absolute atomic E-state index is 0.0272. The molecule has 6 heteroatoms. The average Bonchev–Trinajstić information content (AvgIpc) is 2.66. The molecule has 3 N–H and O–H groups in total. The van der Waals surface area contributed by atoms with Gasteiger partial charge in [0.15, 0.2) is 0 Å². The molecule has 5 nitrogen and oxygen atoms in total. The minimum atomic E-state index is -1.07. The van der Waals surface area contributed by atoms with Gasteiger partial charge in [0, 0.05) is 5.69 Å². The normalized spacial score (nSPS) is 10.3. The number of anilines is 1. The summed E-state index contributed by atoms with van der Waals surface area (Å²) in [6.07, 6.45) is 2.19. The zero-order chi connectivity index (χ0) is 13.5. The number of hydrogen-bond acceptors (Lipinski definition) is 3. The van der Waals surface area contributed by atoms with Crippen molar-refractivity contribution in [3.05, 3.63) is 17.5 Å². The number of aromatic amines is 1. The van der Waals surface area contributed by atoms with Gasteiger partial charge < -0.3 is 15.4 Å². The third-order valence-corrected chi connectivity index (χ3v) is 3.36. The van der Waals surface area contributed by atoms with Crippen molar-refractivity contribution < 1.29 is 14.7 Å². The summed E-state index contributed by atoms with van der Waals surface area (Å²) < 4.78 is 0. The van der Waals surface area contributed by atoms with Gasteiger partial charge in [-0.15, -0.1) is 0 Å². The number of rotatable bonds is 7. The predicted molar refractivity (Wildman–Crippen MR) is 73.4 cm³/mol. The van der Waals surface area contributed by atoms with E-state index in [0.717, 1.165) is 18.6 Å². The molecule has 1 aromatic rings. The molecule has 100 valence electrons. The van der Waals surface area contributed by atoms with E-state index in [9.17, 15) is 9.59 Å². The molecule has 0 aliphatic carbocycles. The Kier molecular flexibility index (Phi) is 5.77. The monoisotopic (exact) mass is 270 g/mol. The van der Waals surface area contributed by atoms with Crippen LogP contribution in [0.2, 0.25) is 0 Å². The summed E-state index contributed by atoms with van der Waals surface area (Å²) in [5.41, 5.74) is 1.07. The number of H-pyrrole nitrogens is 1. The summed E-state index contributed by atoms with van der Waals surface area (Å²) >= 11 is 1.56. The molecule has 0 aliphatic heterocycles. The molecule has 0 radical (unpaired) electrons. The van der Waals surface area contributed by atoms with Gasteiger partial charge in [0.25, 0.3) is 0 Å². The number of carbonyl (C=O) groups excluding carboxylic acids is 1. The fourth-order valence-electron chi connectivity index (χ4n) is 1.45. The van der Waals surface area contributed by atoms with Crippen molar-refractivity contribution in [1.82, 2.24) is 4.98 Å². The SMILES string of the molecule is CCCCSCC(=O)Nc1cc(C)[nH]c1C(=O)O. The van der Waals surface area contributed by atoms with E-state index in [-0.39, 0.29) is 11.6 Å². The first-order valence-electron chi connectivity index (χ1n) is 5.85. The summed E-state index contributed by atoms with van der Waals surface area (Å²) in [6.45, 7) is 3.85. The van der Waals surface area contributed by atoms with Crippen molar-refractivity contribution in [1.29, 1.82) is 0 Å². The van der Waals surface area contributed by atoms with Gasteiger partial charge in [0.2, 0.25) is 5.91 Å². The van der Waals surface area contributed by atoms with Crippen LogP contribution in [0, 0.1) is 6.92 Å². The van der Waals surface area contributed by atoms with Gasteiger partial charge in [0.05, 0.1) is 11.4 Å². The van der Waals surface area contributed by atoms with Crippen molar-refractivity contribution >= 4 is 29.3 Å². The third-order valence-electron chi connectivity index (χ3n) is 2.32. The quantitative estimate of drug-likeness (QED) is 0.665. The predicted octanol–water partition coefficient (Wildman–Crippen LogP) is 2.49. The molecule has 0 aromatic carbocycles. The fourth-order valence-corrected chi connectivity index (χ4v) is 2.35. The molecule has 18 heavy (non-hydrogen) atoms. The topological polar surface area (TPSA) is 82.2 Å². The van der Waals surface area contributed by atoms with Crippen molar-refractivity contribution in [3.8, 4) is 0 Å². The van der Waals surface area contributed by atoms with E-state index < -0.39 is 5.97 Å². The highest BCUT2D eigenvalue weighted by Gasteiger charge is 2.15. The number of nitrogens with one attached hydrogen (secondary N) is 2. The standard InChI is InChI=1S/C12H18N2O3S/c1-3-4-5-18-7-10(15)14-9-6-8(2)13-11(9)12(16)17/h6,13H,3-5,7H2,1-2H3,(H,14,15)(H,16,17). The number of carboxylic acids is 1. The lowest BCUT2D eigenvalue weighted by Crippen LogP contribution is -2.16. The van der Waals surface area contributed by atoms with Crippen LogP contribution in [0.4, 0.5) is 5.69 Å². The molecular formula is C12H18N2O3S. The van der Waals surface area contributed by atoms with Gasteiger partial charge >= 0.3 is 5.97 Å². The molecule has 0 atom stereocenters. The van der Waals surface area contributed by atoms with E-state index in [0.29, 0.717) is 17.1 Å². The third kappa shape index (κ3) is 4.44. The number of thioether (sulfide) groups is 1. The smallest absolute Gasteiger partial charge is 0.354 e. The molecule has 0 fully saturated rings. The molecule has 0 aliphatic rings. The highest BCUT2D eigenvalue weighted by Crippen LogP contribution is 2.17. The molecule has 0 saturated heterocycles. The first-order chi connectivity index (χ1) is 8.54. The van der Waals surface area contributed by atoms with Gasteiger partial charge in [-0.05, 0) is 25.2 Å². The lowest BCUT2D eigenvalue weighted by Gasteiger charge is -2.04. The van der Waals surface area contributed by atoms with E-state index in [1.807, 2.05) is 0 Å². The van der Waals surface area contributed by atoms with Gasteiger partial charge in [-0.3, -0.25) is 4.79 Å². The number of unbranched alkanes of at least 4 members (excludes halogenated alkanes) is 1. The van der Waals surface area contributed by atoms with Crippen LogP contribution in [0.5, 0.6) is 0 Å². The Morgan fingerprint density at radius 1 is 1.50 bits per heavy atom. The number of amides is 1. The van der Waals surface area contributed by atoms with Crippen LogP contribution >= 0.6 is 11.8 Å². The van der Waals surface area contributed by atoms with E-state index in [1.165, 1.54) is 0 Å². The Morgan fingerprint density at radius 3 is 2.83 bits per heavy atom. The lowest BCUT2D eigenvalue weighted by molar-refractivity contribution is -0.113. The maximum atomic E-state index is 11.6. The van der Waals surface area contributed by atoms with Crippen LogP contribution in [0.3, 0.4) is 0 Å². The molecule has 0 bridgehead atoms. The van der Waals surface area contributed by atoms with E-state index in [4.69, 9.17) is 5.11 Å². The van der Waals surface area contributed by atoms with E-state index >= 15 is 0 Å². The molecule has 1 aromatic heterocycles. The number of hydrogen-bond donors (Lipinski definition) is 3. The van der Waals surface area contributed by atoms with Crippen LogP contribution in [-0.2, 0) is 4.79 Å². The largest absolute Gasteiger partial charge is 0.477 e. The highest BCUT2D eigenvalue weighted by atomic mass is 32.2. The molecule has 0 unspecified atom stereocenters. The summed E-state index contributed by atoms with van der Waals surface area (Å²) in [5, 5.41) is 11.6. The zero-order valence-electron chi connectivity index (χ0n) is 10.6. The molecule has 0 spiro atoms. The first-order valence-corrected chi connectivity index (χ1v) is 7.00. The van der Waals surface area contributed by atoms with Crippen molar-refractivity contribution in [2.24, 2.45) is 0 Å². The second-order valence-corrected chi connectivity index (χ2v) is 5.11. The highest BCUT2D eigenvalue weighted by molar-refractivity contribution is 7.99. The van der Waals surface area contributed by atoms with Crippen LogP contribution in [-0.4, -0.2) is 33.5 Å². The Bertz CT molecular complexity index is 429. The maximum absolute atomic E-state index is 11.6. The number of aryl methyl sites for hydroxylation is 1. The van der Waals surface area contributed by atoms with Gasteiger partial charge in [-0.2, -0.15) is 11.8 Å². The minimum Gasteiger partial charge on any atom is -0.477 e. The number of carbonyl (C=O) groups is 2. The van der Waals surface area contributed by atoms with E-state index in [2.05, 4.69) is 17.2 Å². The molecule has 1 heterocycles. The molecular weight excluding hydrogens is 252 g/mol. The number of aromatic carboxylic acids is 1. The van der Waals surface area contributed by atoms with Crippen LogP contribution in [0.1, 0.15) is 35.9 Å². The van der Waals surface area contributed by atoms with Crippen LogP contribution in [0.15, 0.2) is 6.07 Å². The Labute approximate surface area is 110 Å². The maximum Gasteiger partial charge on any atom is 0.354 e. The Morgan fingerprint density at radius 2 is 2.22 bits per heavy atom. The fraction of sp³-hybridized carbons (Fsp3) is 0.500. The Hall–Kier alpha value is -1.43. The summed E-state index contributed by atoms with van der Waals surface area (Å²) in [4.78, 5) is 25.3. The van der Waals surface area contributed by atoms with Crippen LogP contribution < -0.4 is 5.32 Å². The van der Waals surface area contributed by atoms with Crippen LogP contribution in [0.25, 0.3) is 0 Å². The summed E-state index contributed by atoms with van der Waals surface area (Å²) in [6, 6.07) is 1.62. The van der Waals surface area contributed by atoms with Crippen molar-refractivity contribution in [2.45, 2.75) is 26.7 Å². The number of aromatic nitrogens is 1. The van der Waals surface area contributed by atoms with E-state index in [1.54, 1.807) is 24.8 Å².